The summed E-state index contributed by atoms with van der Waals surface area (Å²) in [4.78, 5) is 31.9. The number of benzene rings is 2. The molecule has 2 heterocycles. The largest absolute Gasteiger partial charge is 0.453 e. The SMILES string of the molecule is CCN(C)S(=O)(=O)Nc1ccc(F)c(Oc2ccc3ncn(C4CC5(C4)CN(C(=O)OC(C)(C)C)C5)c(=O)c3c2)c1C#N. The maximum Gasteiger partial charge on any atom is 0.410 e. The molecule has 2 aliphatic rings. The lowest BCUT2D eigenvalue weighted by atomic mass is 9.60. The molecule has 1 aromatic heterocycles. The Morgan fingerprint density at radius 2 is 1.95 bits per heavy atom. The number of amides is 1. The number of halogens is 1. The predicted octanol–water partition coefficient (Wildman–Crippen LogP) is 4.38. The highest BCUT2D eigenvalue weighted by Gasteiger charge is 2.55. The van der Waals surface area contributed by atoms with E-state index in [0.717, 1.165) is 16.4 Å². The molecule has 1 N–H and O–H groups in total. The summed E-state index contributed by atoms with van der Waals surface area (Å²) in [6.07, 6.45) is 2.58. The van der Waals surface area contributed by atoms with Crippen LogP contribution in [0.4, 0.5) is 14.9 Å². The molecule has 0 atom stereocenters. The van der Waals surface area contributed by atoms with E-state index in [1.54, 1.807) is 22.5 Å². The average molecular weight is 613 g/mol. The number of ether oxygens (including phenoxy) is 2. The third-order valence-electron chi connectivity index (χ3n) is 7.72. The van der Waals surface area contributed by atoms with E-state index in [4.69, 9.17) is 9.47 Å². The molecule has 1 spiro atoms. The van der Waals surface area contributed by atoms with Gasteiger partial charge in [-0.25, -0.2) is 14.2 Å². The first-order valence-electron chi connectivity index (χ1n) is 13.8. The van der Waals surface area contributed by atoms with Gasteiger partial charge in [-0.15, -0.1) is 0 Å². The minimum Gasteiger partial charge on any atom is -0.453 e. The van der Waals surface area contributed by atoms with Crippen molar-refractivity contribution in [3.8, 4) is 17.6 Å². The van der Waals surface area contributed by atoms with Crippen LogP contribution in [0.2, 0.25) is 0 Å². The number of fused-ring (bicyclic) bond motifs is 1. The minimum absolute atomic E-state index is 0.0510. The fraction of sp³-hybridized carbons (Fsp3) is 0.448. The van der Waals surface area contributed by atoms with Crippen molar-refractivity contribution in [2.24, 2.45) is 5.41 Å². The normalized spacial score (nSPS) is 16.5. The maximum absolute atomic E-state index is 14.9. The molecule has 1 amide bonds. The molecule has 0 bridgehead atoms. The number of hydrogen-bond acceptors (Lipinski definition) is 8. The van der Waals surface area contributed by atoms with Gasteiger partial charge >= 0.3 is 16.3 Å². The van der Waals surface area contributed by atoms with Gasteiger partial charge in [-0.1, -0.05) is 6.92 Å². The second-order valence-electron chi connectivity index (χ2n) is 12.1. The second-order valence-corrected chi connectivity index (χ2v) is 13.8. The van der Waals surface area contributed by atoms with Gasteiger partial charge in [0, 0.05) is 38.1 Å². The number of aromatic nitrogens is 2. The Balaban J connectivity index is 1.35. The molecular formula is C29H33FN6O6S. The summed E-state index contributed by atoms with van der Waals surface area (Å²) < 4.78 is 56.0. The molecule has 228 valence electrons. The standard InChI is InChI=1S/C29H33FN6O6S/c1-6-34(5)43(39,40)33-24-10-8-22(30)25(21(24)14-31)41-19-7-9-23-20(11-19)26(37)36(17-32-23)18-12-29(13-18)15-35(16-29)27(38)42-28(2,3)4/h7-11,17-18,33H,6,12-13,15-16H2,1-5H3. The first-order valence-corrected chi connectivity index (χ1v) is 15.2. The van der Waals surface area contributed by atoms with Crippen molar-refractivity contribution in [1.82, 2.24) is 18.8 Å². The number of nitrogens with one attached hydrogen (secondary N) is 1. The van der Waals surface area contributed by atoms with Crippen LogP contribution < -0.4 is 15.0 Å². The van der Waals surface area contributed by atoms with E-state index in [2.05, 4.69) is 9.71 Å². The predicted molar refractivity (Wildman–Crippen MR) is 157 cm³/mol. The number of hydrogen-bond donors (Lipinski definition) is 1. The quantitative estimate of drug-likeness (QED) is 0.414. The van der Waals surface area contributed by atoms with Crippen molar-refractivity contribution < 1.29 is 27.1 Å². The molecule has 3 aromatic rings. The van der Waals surface area contributed by atoms with Crippen LogP contribution in [0.3, 0.4) is 0 Å². The summed E-state index contributed by atoms with van der Waals surface area (Å²) >= 11 is 0. The van der Waals surface area contributed by atoms with Crippen molar-refractivity contribution in [3.63, 3.8) is 0 Å². The Morgan fingerprint density at radius 1 is 1.26 bits per heavy atom. The molecule has 1 aliphatic carbocycles. The molecule has 43 heavy (non-hydrogen) atoms. The van der Waals surface area contributed by atoms with Crippen molar-refractivity contribution in [1.29, 1.82) is 5.26 Å². The van der Waals surface area contributed by atoms with Gasteiger partial charge < -0.3 is 14.4 Å². The molecule has 2 fully saturated rings. The third-order valence-corrected chi connectivity index (χ3v) is 9.28. The van der Waals surface area contributed by atoms with Gasteiger partial charge in [-0.2, -0.15) is 18.0 Å². The summed E-state index contributed by atoms with van der Waals surface area (Å²) in [5.41, 5.74) is -1.01. The van der Waals surface area contributed by atoms with E-state index in [-0.39, 0.29) is 52.0 Å². The summed E-state index contributed by atoms with van der Waals surface area (Å²) in [7, 11) is -2.63. The number of nitrogens with zero attached hydrogens (tertiary/aromatic N) is 5. The molecule has 0 unspecified atom stereocenters. The number of likely N-dealkylation sites (tertiary alicyclic amines) is 1. The molecule has 12 nitrogen and oxygen atoms in total. The molecule has 5 rings (SSSR count). The fourth-order valence-electron chi connectivity index (χ4n) is 5.41. The van der Waals surface area contributed by atoms with Gasteiger partial charge in [0.05, 0.1) is 22.9 Å². The van der Waals surface area contributed by atoms with Crippen LogP contribution >= 0.6 is 0 Å². The van der Waals surface area contributed by atoms with Gasteiger partial charge in [0.2, 0.25) is 0 Å². The number of nitriles is 1. The van der Waals surface area contributed by atoms with Gasteiger partial charge in [0.1, 0.15) is 23.0 Å². The van der Waals surface area contributed by atoms with Crippen LogP contribution in [0.25, 0.3) is 10.9 Å². The highest BCUT2D eigenvalue weighted by atomic mass is 32.2. The Kier molecular flexibility index (Phi) is 7.60. The van der Waals surface area contributed by atoms with E-state index < -0.39 is 27.4 Å². The Labute approximate surface area is 248 Å². The number of carbonyl (C=O) groups excluding carboxylic acids is 1. The summed E-state index contributed by atoms with van der Waals surface area (Å²) in [6.45, 7) is 8.43. The summed E-state index contributed by atoms with van der Waals surface area (Å²) in [5.74, 6) is -1.29. The smallest absolute Gasteiger partial charge is 0.410 e. The number of rotatable bonds is 7. The average Bonchev–Trinajstić information content (AvgIpc) is 2.88. The van der Waals surface area contributed by atoms with Crippen LogP contribution in [0.15, 0.2) is 41.5 Å². The Hall–Kier alpha value is -4.22. The van der Waals surface area contributed by atoms with E-state index in [1.165, 1.54) is 25.5 Å². The van der Waals surface area contributed by atoms with E-state index >= 15 is 0 Å². The van der Waals surface area contributed by atoms with Crippen molar-refractivity contribution in [2.75, 3.05) is 31.4 Å². The summed E-state index contributed by atoms with van der Waals surface area (Å²) in [6, 6.07) is 8.31. The van der Waals surface area contributed by atoms with Gasteiger partial charge in [-0.05, 0) is 63.9 Å². The third kappa shape index (κ3) is 5.87. The molecule has 14 heteroatoms. The van der Waals surface area contributed by atoms with Crippen molar-refractivity contribution >= 4 is 32.9 Å². The van der Waals surface area contributed by atoms with Crippen LogP contribution in [-0.2, 0) is 14.9 Å². The highest BCUT2D eigenvalue weighted by molar-refractivity contribution is 7.90. The van der Waals surface area contributed by atoms with Crippen molar-refractivity contribution in [2.45, 2.75) is 52.2 Å². The zero-order chi connectivity index (χ0) is 31.3. The van der Waals surface area contributed by atoms with Crippen LogP contribution in [-0.4, -0.2) is 65.6 Å². The van der Waals surface area contributed by atoms with E-state index in [9.17, 15) is 27.7 Å². The fourth-order valence-corrected chi connectivity index (χ4v) is 6.35. The Morgan fingerprint density at radius 3 is 2.58 bits per heavy atom. The number of carbonyl (C=O) groups is 1. The van der Waals surface area contributed by atoms with Crippen LogP contribution in [0.5, 0.6) is 11.5 Å². The first-order chi connectivity index (χ1) is 20.1. The minimum atomic E-state index is -3.99. The lowest BCUT2D eigenvalue weighted by Gasteiger charge is -2.58. The molecule has 1 saturated carbocycles. The maximum atomic E-state index is 14.9. The molecule has 1 saturated heterocycles. The van der Waals surface area contributed by atoms with Gasteiger partial charge in [-0.3, -0.25) is 14.1 Å². The summed E-state index contributed by atoms with van der Waals surface area (Å²) in [5, 5.41) is 10.0. The second kappa shape index (κ2) is 10.8. The lowest BCUT2D eigenvalue weighted by Crippen LogP contribution is -2.64. The molecule has 1 aliphatic heterocycles. The van der Waals surface area contributed by atoms with Crippen molar-refractivity contribution in [3.05, 3.63) is 58.4 Å². The zero-order valence-corrected chi connectivity index (χ0v) is 25.4. The topological polar surface area (TPSA) is 147 Å². The highest BCUT2D eigenvalue weighted by Crippen LogP contribution is 2.54. The van der Waals surface area contributed by atoms with E-state index in [1.807, 2.05) is 26.8 Å². The van der Waals surface area contributed by atoms with Crippen LogP contribution in [0, 0.1) is 22.6 Å². The molecule has 0 radical (unpaired) electrons. The first kappa shape index (κ1) is 30.2. The molecular weight excluding hydrogens is 579 g/mol. The Bertz CT molecular complexity index is 1800. The van der Waals surface area contributed by atoms with E-state index in [0.29, 0.717) is 31.4 Å². The molecule has 2 aromatic carbocycles. The van der Waals surface area contributed by atoms with Crippen LogP contribution in [0.1, 0.15) is 52.1 Å². The van der Waals surface area contributed by atoms with Gasteiger partial charge in [0.25, 0.3) is 5.56 Å². The number of anilines is 1. The lowest BCUT2D eigenvalue weighted by molar-refractivity contribution is -0.0913. The monoisotopic (exact) mass is 612 g/mol. The van der Waals surface area contributed by atoms with Gasteiger partial charge in [0.15, 0.2) is 11.6 Å². The zero-order valence-electron chi connectivity index (χ0n) is 24.5.